The van der Waals surface area contributed by atoms with Gasteiger partial charge in [-0.2, -0.15) is 0 Å². The Bertz CT molecular complexity index is 1580. The van der Waals surface area contributed by atoms with Gasteiger partial charge in [-0.05, 0) is 62.1 Å². The number of para-hydroxylation sites is 1. The van der Waals surface area contributed by atoms with E-state index >= 15 is 4.39 Å². The Morgan fingerprint density at radius 1 is 0.923 bits per heavy atom. The van der Waals surface area contributed by atoms with Crippen LogP contribution in [0.25, 0.3) is 11.3 Å². The molecule has 8 nitrogen and oxygen atoms in total. The highest BCUT2D eigenvalue weighted by molar-refractivity contribution is 7.92. The third-order valence-electron chi connectivity index (χ3n) is 6.58. The topological polar surface area (TPSA) is 122 Å². The van der Waals surface area contributed by atoms with Gasteiger partial charge in [0, 0.05) is 35.6 Å². The SMILES string of the molecule is NC1CCC(Nc2nccc(-c3ccccc3Nc3ccc(NS(=O)(=O)c4ccccc4Cl)cc3F)n2)CC1. The van der Waals surface area contributed by atoms with Crippen molar-refractivity contribution in [2.75, 3.05) is 15.4 Å². The molecule has 1 aromatic heterocycles. The van der Waals surface area contributed by atoms with Gasteiger partial charge in [-0.1, -0.05) is 41.9 Å². The molecule has 11 heteroatoms. The maximum Gasteiger partial charge on any atom is 0.263 e. The zero-order chi connectivity index (χ0) is 27.4. The summed E-state index contributed by atoms with van der Waals surface area (Å²) in [5.74, 6) is -0.103. The molecule has 1 aliphatic carbocycles. The molecule has 0 radical (unpaired) electrons. The number of benzene rings is 3. The number of nitrogens with zero attached hydrogens (tertiary/aromatic N) is 2. The first-order valence-electron chi connectivity index (χ1n) is 12.6. The Hall–Kier alpha value is -3.73. The summed E-state index contributed by atoms with van der Waals surface area (Å²) in [6, 6.07) is 19.9. The van der Waals surface area contributed by atoms with Gasteiger partial charge in [-0.3, -0.25) is 4.72 Å². The van der Waals surface area contributed by atoms with Crippen molar-refractivity contribution in [1.82, 2.24) is 9.97 Å². The van der Waals surface area contributed by atoms with Crippen molar-refractivity contribution in [3.8, 4) is 11.3 Å². The monoisotopic (exact) mass is 566 g/mol. The highest BCUT2D eigenvalue weighted by atomic mass is 35.5. The van der Waals surface area contributed by atoms with Crippen molar-refractivity contribution >= 4 is 44.6 Å². The molecule has 0 amide bonds. The van der Waals surface area contributed by atoms with Crippen LogP contribution in [-0.2, 0) is 10.0 Å². The van der Waals surface area contributed by atoms with Crippen LogP contribution in [0, 0.1) is 5.82 Å². The van der Waals surface area contributed by atoms with Gasteiger partial charge >= 0.3 is 0 Å². The number of hydrogen-bond acceptors (Lipinski definition) is 7. The first kappa shape index (κ1) is 26.9. The van der Waals surface area contributed by atoms with Crippen LogP contribution in [0.5, 0.6) is 0 Å². The van der Waals surface area contributed by atoms with Crippen molar-refractivity contribution < 1.29 is 12.8 Å². The quantitative estimate of drug-likeness (QED) is 0.201. The molecule has 3 aromatic carbocycles. The molecule has 202 valence electrons. The number of nitrogens with two attached hydrogens (primary N) is 1. The summed E-state index contributed by atoms with van der Waals surface area (Å²) >= 11 is 6.03. The molecule has 1 fully saturated rings. The third-order valence-corrected chi connectivity index (χ3v) is 8.46. The van der Waals surface area contributed by atoms with Crippen LogP contribution >= 0.6 is 11.6 Å². The van der Waals surface area contributed by atoms with Crippen molar-refractivity contribution in [3.63, 3.8) is 0 Å². The Balaban J connectivity index is 1.34. The predicted octanol–water partition coefficient (Wildman–Crippen LogP) is 6.16. The lowest BCUT2D eigenvalue weighted by Crippen LogP contribution is -2.33. The van der Waals surface area contributed by atoms with Crippen LogP contribution < -0.4 is 21.1 Å². The van der Waals surface area contributed by atoms with E-state index in [1.165, 1.54) is 24.3 Å². The van der Waals surface area contributed by atoms with Gasteiger partial charge in [0.1, 0.15) is 10.7 Å². The molecule has 0 spiro atoms. The van der Waals surface area contributed by atoms with Crippen LogP contribution in [-0.4, -0.2) is 30.5 Å². The number of anilines is 4. The second-order valence-electron chi connectivity index (χ2n) is 9.42. The van der Waals surface area contributed by atoms with Crippen LogP contribution in [0.2, 0.25) is 5.02 Å². The van der Waals surface area contributed by atoms with E-state index in [4.69, 9.17) is 22.3 Å². The van der Waals surface area contributed by atoms with E-state index in [1.807, 2.05) is 24.3 Å². The summed E-state index contributed by atoms with van der Waals surface area (Å²) in [5, 5.41) is 6.59. The molecule has 0 atom stereocenters. The van der Waals surface area contributed by atoms with Crippen molar-refractivity contribution in [2.24, 2.45) is 5.73 Å². The fraction of sp³-hybridized carbons (Fsp3) is 0.214. The molecule has 0 unspecified atom stereocenters. The average Bonchev–Trinajstić information content (AvgIpc) is 2.92. The van der Waals surface area contributed by atoms with Crippen LogP contribution in [0.15, 0.2) is 83.9 Å². The van der Waals surface area contributed by atoms with Gasteiger partial charge in [0.2, 0.25) is 5.95 Å². The maximum atomic E-state index is 15.1. The minimum atomic E-state index is -3.99. The minimum absolute atomic E-state index is 0.0708. The molecule has 0 saturated heterocycles. The lowest BCUT2D eigenvalue weighted by atomic mass is 9.92. The summed E-state index contributed by atoms with van der Waals surface area (Å²) in [6.45, 7) is 0. The van der Waals surface area contributed by atoms with E-state index < -0.39 is 15.8 Å². The molecule has 0 aliphatic heterocycles. The number of aromatic nitrogens is 2. The third kappa shape index (κ3) is 6.47. The van der Waals surface area contributed by atoms with Gasteiger partial charge in [0.15, 0.2) is 0 Å². The van der Waals surface area contributed by atoms with Crippen molar-refractivity contribution in [1.29, 1.82) is 0 Å². The second kappa shape index (κ2) is 11.6. The Labute approximate surface area is 231 Å². The van der Waals surface area contributed by atoms with E-state index in [9.17, 15) is 8.42 Å². The molecule has 1 heterocycles. The highest BCUT2D eigenvalue weighted by Gasteiger charge is 2.20. The van der Waals surface area contributed by atoms with Gasteiger partial charge in [-0.15, -0.1) is 0 Å². The number of hydrogen-bond donors (Lipinski definition) is 4. The largest absolute Gasteiger partial charge is 0.353 e. The molecular formula is C28H28ClFN6O2S. The average molecular weight is 567 g/mol. The van der Waals surface area contributed by atoms with E-state index in [-0.39, 0.29) is 33.4 Å². The Morgan fingerprint density at radius 3 is 2.44 bits per heavy atom. The molecule has 1 aliphatic rings. The summed E-state index contributed by atoms with van der Waals surface area (Å²) in [4.78, 5) is 8.98. The van der Waals surface area contributed by atoms with E-state index in [2.05, 4.69) is 20.3 Å². The molecule has 1 saturated carbocycles. The van der Waals surface area contributed by atoms with Gasteiger partial charge in [0.25, 0.3) is 10.0 Å². The summed E-state index contributed by atoms with van der Waals surface area (Å²) < 4.78 is 42.9. The lowest BCUT2D eigenvalue weighted by Gasteiger charge is -2.26. The van der Waals surface area contributed by atoms with E-state index in [0.717, 1.165) is 37.3 Å². The van der Waals surface area contributed by atoms with E-state index in [1.54, 1.807) is 24.4 Å². The van der Waals surface area contributed by atoms with E-state index in [0.29, 0.717) is 17.3 Å². The zero-order valence-electron chi connectivity index (χ0n) is 20.9. The smallest absolute Gasteiger partial charge is 0.263 e. The standard InChI is InChI=1S/C28H28ClFN6O2S/c29-22-6-2-4-8-27(22)39(37,38)36-20-13-14-26(23(30)17-20)34-24-7-3-1-5-21(24)25-15-16-32-28(35-25)33-19-11-9-18(31)10-12-19/h1-8,13-19,34,36H,9-12,31H2,(H,32,33,35). The first-order chi connectivity index (χ1) is 18.8. The summed E-state index contributed by atoms with van der Waals surface area (Å²) in [5.41, 5.74) is 8.33. The molecule has 39 heavy (non-hydrogen) atoms. The van der Waals surface area contributed by atoms with Crippen LogP contribution in [0.3, 0.4) is 0 Å². The number of nitrogens with one attached hydrogen (secondary N) is 3. The number of sulfonamides is 1. The van der Waals surface area contributed by atoms with Crippen LogP contribution in [0.4, 0.5) is 27.4 Å². The summed E-state index contributed by atoms with van der Waals surface area (Å²) in [7, 11) is -3.99. The van der Waals surface area contributed by atoms with Gasteiger partial charge in [-0.25, -0.2) is 22.8 Å². The Kier molecular flexibility index (Phi) is 7.97. The normalized spacial score (nSPS) is 17.4. The molecule has 0 bridgehead atoms. The summed E-state index contributed by atoms with van der Waals surface area (Å²) in [6.07, 6.45) is 5.57. The van der Waals surface area contributed by atoms with Crippen molar-refractivity contribution in [3.05, 3.63) is 89.8 Å². The first-order valence-corrected chi connectivity index (χ1v) is 14.4. The van der Waals surface area contributed by atoms with Crippen molar-refractivity contribution in [2.45, 2.75) is 42.7 Å². The van der Waals surface area contributed by atoms with Crippen LogP contribution in [0.1, 0.15) is 25.7 Å². The minimum Gasteiger partial charge on any atom is -0.353 e. The fourth-order valence-corrected chi connectivity index (χ4v) is 6.11. The number of rotatable bonds is 8. The highest BCUT2D eigenvalue weighted by Crippen LogP contribution is 2.32. The molecular weight excluding hydrogens is 539 g/mol. The molecule has 4 aromatic rings. The molecule has 5 N–H and O–H groups in total. The zero-order valence-corrected chi connectivity index (χ0v) is 22.5. The lowest BCUT2D eigenvalue weighted by molar-refractivity contribution is 0.410. The Morgan fingerprint density at radius 2 is 1.67 bits per heavy atom. The predicted molar refractivity (Wildman–Crippen MR) is 153 cm³/mol. The van der Waals surface area contributed by atoms with Gasteiger partial charge < -0.3 is 16.4 Å². The fourth-order valence-electron chi connectivity index (χ4n) is 4.54. The maximum absolute atomic E-state index is 15.1. The second-order valence-corrected chi connectivity index (χ2v) is 11.5. The van der Waals surface area contributed by atoms with Gasteiger partial charge in [0.05, 0.1) is 22.1 Å². The number of halogens is 2. The molecule has 5 rings (SSSR count).